The molecule has 0 aliphatic heterocycles. The van der Waals surface area contributed by atoms with E-state index in [1.807, 2.05) is 24.3 Å². The largest absolute Gasteiger partial charge is 0.497 e. The van der Waals surface area contributed by atoms with Gasteiger partial charge in [0.05, 0.1) is 7.11 Å². The Morgan fingerprint density at radius 3 is 2.67 bits per heavy atom. The van der Waals surface area contributed by atoms with Crippen LogP contribution in [0.25, 0.3) is 0 Å². The number of methoxy groups -OCH3 is 1. The summed E-state index contributed by atoms with van der Waals surface area (Å²) in [4.78, 5) is 0. The van der Waals surface area contributed by atoms with E-state index in [4.69, 9.17) is 9.47 Å². The lowest BCUT2D eigenvalue weighted by Crippen LogP contribution is -1.98. The summed E-state index contributed by atoms with van der Waals surface area (Å²) in [5, 5.41) is 0. The normalized spacial score (nSPS) is 10.2. The summed E-state index contributed by atoms with van der Waals surface area (Å²) in [6.45, 7) is 2.03. The lowest BCUT2D eigenvalue weighted by molar-refractivity contribution is 0.289. The van der Waals surface area contributed by atoms with Gasteiger partial charge in [0.25, 0.3) is 0 Å². The van der Waals surface area contributed by atoms with Crippen LogP contribution in [-0.2, 0) is 6.61 Å². The maximum atomic E-state index is 13.7. The van der Waals surface area contributed by atoms with Crippen LogP contribution in [0.1, 0.15) is 11.1 Å². The van der Waals surface area contributed by atoms with Gasteiger partial charge in [0, 0.05) is 0 Å². The molecule has 0 saturated heterocycles. The molecule has 0 bridgehead atoms. The van der Waals surface area contributed by atoms with E-state index in [-0.39, 0.29) is 11.6 Å². The molecule has 2 rings (SSSR count). The average molecular weight is 246 g/mol. The molecule has 0 fully saturated rings. The van der Waals surface area contributed by atoms with Gasteiger partial charge in [-0.15, -0.1) is 0 Å². The van der Waals surface area contributed by atoms with Crippen LogP contribution in [0.2, 0.25) is 0 Å². The van der Waals surface area contributed by atoms with Gasteiger partial charge in [-0.05, 0) is 36.2 Å². The Morgan fingerprint density at radius 2 is 1.89 bits per heavy atom. The molecule has 0 atom stereocenters. The highest BCUT2D eigenvalue weighted by Crippen LogP contribution is 2.21. The highest BCUT2D eigenvalue weighted by atomic mass is 19.1. The van der Waals surface area contributed by atoms with Crippen LogP contribution in [0.4, 0.5) is 4.39 Å². The lowest BCUT2D eigenvalue weighted by Gasteiger charge is -2.09. The maximum absolute atomic E-state index is 13.7. The van der Waals surface area contributed by atoms with Gasteiger partial charge in [-0.3, -0.25) is 0 Å². The van der Waals surface area contributed by atoms with Crippen LogP contribution in [0, 0.1) is 12.7 Å². The maximum Gasteiger partial charge on any atom is 0.167 e. The number of ether oxygens (including phenoxy) is 2. The first-order valence-electron chi connectivity index (χ1n) is 5.71. The zero-order valence-corrected chi connectivity index (χ0v) is 10.4. The van der Waals surface area contributed by atoms with E-state index in [0.717, 1.165) is 11.3 Å². The quantitative estimate of drug-likeness (QED) is 0.818. The van der Waals surface area contributed by atoms with Crippen LogP contribution in [0.15, 0.2) is 42.5 Å². The summed E-state index contributed by atoms with van der Waals surface area (Å²) in [5.74, 6) is 0.735. The Kier molecular flexibility index (Phi) is 3.82. The molecule has 0 radical (unpaired) electrons. The van der Waals surface area contributed by atoms with Crippen LogP contribution < -0.4 is 9.47 Å². The molecule has 0 saturated carbocycles. The number of hydrogen-bond donors (Lipinski definition) is 0. The number of halogens is 1. The molecule has 2 nitrogen and oxygen atoms in total. The van der Waals surface area contributed by atoms with Gasteiger partial charge >= 0.3 is 0 Å². The van der Waals surface area contributed by atoms with Crippen molar-refractivity contribution in [2.75, 3.05) is 7.11 Å². The van der Waals surface area contributed by atoms with Crippen molar-refractivity contribution in [3.63, 3.8) is 0 Å². The Morgan fingerprint density at radius 1 is 1.11 bits per heavy atom. The van der Waals surface area contributed by atoms with E-state index in [2.05, 4.69) is 0 Å². The van der Waals surface area contributed by atoms with Crippen molar-refractivity contribution in [2.24, 2.45) is 0 Å². The standard InChI is InChI=1S/C15H15FO2/c1-11-5-3-8-14(15(11)16)18-10-12-6-4-7-13(9-12)17-2/h3-9H,10H2,1-2H3. The number of hydrogen-bond acceptors (Lipinski definition) is 2. The molecule has 0 amide bonds. The summed E-state index contributed by atoms with van der Waals surface area (Å²) in [7, 11) is 1.61. The van der Waals surface area contributed by atoms with Crippen molar-refractivity contribution in [3.05, 3.63) is 59.4 Å². The monoisotopic (exact) mass is 246 g/mol. The lowest BCUT2D eigenvalue weighted by atomic mass is 10.2. The van der Waals surface area contributed by atoms with Crippen molar-refractivity contribution in [3.8, 4) is 11.5 Å². The zero-order chi connectivity index (χ0) is 13.0. The van der Waals surface area contributed by atoms with Crippen molar-refractivity contribution >= 4 is 0 Å². The number of aryl methyl sites for hydroxylation is 1. The van der Waals surface area contributed by atoms with E-state index in [9.17, 15) is 4.39 Å². The molecular formula is C15H15FO2. The first kappa shape index (κ1) is 12.4. The molecule has 0 aliphatic rings. The van der Waals surface area contributed by atoms with E-state index >= 15 is 0 Å². The fourth-order valence-corrected chi connectivity index (χ4v) is 1.66. The summed E-state index contributed by atoms with van der Waals surface area (Å²) in [6.07, 6.45) is 0. The Labute approximate surface area is 106 Å². The van der Waals surface area contributed by atoms with Gasteiger partial charge < -0.3 is 9.47 Å². The highest BCUT2D eigenvalue weighted by Gasteiger charge is 2.06. The molecule has 0 heterocycles. The molecule has 0 aromatic heterocycles. The average Bonchev–Trinajstić information content (AvgIpc) is 2.41. The molecular weight excluding hydrogens is 231 g/mol. The van der Waals surface area contributed by atoms with Crippen LogP contribution >= 0.6 is 0 Å². The topological polar surface area (TPSA) is 18.5 Å². The smallest absolute Gasteiger partial charge is 0.167 e. The Balaban J connectivity index is 2.09. The molecule has 2 aromatic rings. The minimum Gasteiger partial charge on any atom is -0.497 e. The molecule has 0 spiro atoms. The third-order valence-corrected chi connectivity index (χ3v) is 2.68. The van der Waals surface area contributed by atoms with Gasteiger partial charge in [0.15, 0.2) is 11.6 Å². The molecule has 0 aliphatic carbocycles. The van der Waals surface area contributed by atoms with Crippen molar-refractivity contribution in [1.29, 1.82) is 0 Å². The van der Waals surface area contributed by atoms with Gasteiger partial charge in [0.2, 0.25) is 0 Å². The Hall–Kier alpha value is -2.03. The SMILES string of the molecule is COc1cccc(COc2cccc(C)c2F)c1. The van der Waals surface area contributed by atoms with Gasteiger partial charge in [0.1, 0.15) is 12.4 Å². The van der Waals surface area contributed by atoms with Crippen LogP contribution in [0.3, 0.4) is 0 Å². The fourth-order valence-electron chi connectivity index (χ4n) is 1.66. The van der Waals surface area contributed by atoms with Crippen LogP contribution in [-0.4, -0.2) is 7.11 Å². The summed E-state index contributed by atoms with van der Waals surface area (Å²) < 4.78 is 24.3. The van der Waals surface area contributed by atoms with Gasteiger partial charge in [-0.1, -0.05) is 24.3 Å². The molecule has 0 unspecified atom stereocenters. The number of rotatable bonds is 4. The second-order valence-corrected chi connectivity index (χ2v) is 4.03. The van der Waals surface area contributed by atoms with Crippen molar-refractivity contribution in [2.45, 2.75) is 13.5 Å². The minimum absolute atomic E-state index is 0.276. The third kappa shape index (κ3) is 2.80. The van der Waals surface area contributed by atoms with Crippen molar-refractivity contribution in [1.82, 2.24) is 0 Å². The molecule has 18 heavy (non-hydrogen) atoms. The van der Waals surface area contributed by atoms with E-state index in [1.165, 1.54) is 0 Å². The van der Waals surface area contributed by atoms with E-state index < -0.39 is 0 Å². The predicted molar refractivity (Wildman–Crippen MR) is 68.5 cm³/mol. The fraction of sp³-hybridized carbons (Fsp3) is 0.200. The van der Waals surface area contributed by atoms with Crippen molar-refractivity contribution < 1.29 is 13.9 Å². The Bertz CT molecular complexity index is 538. The van der Waals surface area contributed by atoms with Crippen LogP contribution in [0.5, 0.6) is 11.5 Å². The second kappa shape index (κ2) is 5.54. The van der Waals surface area contributed by atoms with Gasteiger partial charge in [-0.2, -0.15) is 0 Å². The minimum atomic E-state index is -0.305. The van der Waals surface area contributed by atoms with E-state index in [0.29, 0.717) is 12.2 Å². The summed E-state index contributed by atoms with van der Waals surface area (Å²) in [5.41, 5.74) is 1.52. The van der Waals surface area contributed by atoms with E-state index in [1.54, 1.807) is 32.2 Å². The molecule has 3 heteroatoms. The first-order chi connectivity index (χ1) is 8.70. The molecule has 2 aromatic carbocycles. The number of benzene rings is 2. The summed E-state index contributed by atoms with van der Waals surface area (Å²) >= 11 is 0. The zero-order valence-electron chi connectivity index (χ0n) is 10.4. The third-order valence-electron chi connectivity index (χ3n) is 2.68. The molecule has 0 N–H and O–H groups in total. The predicted octanol–water partition coefficient (Wildman–Crippen LogP) is 3.72. The first-order valence-corrected chi connectivity index (χ1v) is 5.71. The second-order valence-electron chi connectivity index (χ2n) is 4.03. The molecule has 94 valence electrons. The van der Waals surface area contributed by atoms with Gasteiger partial charge in [-0.25, -0.2) is 4.39 Å². The summed E-state index contributed by atoms with van der Waals surface area (Å²) in [6, 6.07) is 12.6. The highest BCUT2D eigenvalue weighted by molar-refractivity contribution is 5.31.